The molecule has 0 fully saturated rings. The molecule has 0 aliphatic rings. The normalized spacial score (nSPS) is 11.9. The van der Waals surface area contributed by atoms with Gasteiger partial charge in [0.1, 0.15) is 18.0 Å². The quantitative estimate of drug-likeness (QED) is 0.245. The van der Waals surface area contributed by atoms with Crippen LogP contribution in [0.2, 0.25) is 0 Å². The zero-order valence-corrected chi connectivity index (χ0v) is 18.1. The van der Waals surface area contributed by atoms with Gasteiger partial charge in [0.2, 0.25) is 0 Å². The molecule has 0 aliphatic heterocycles. The maximum absolute atomic E-state index is 12.4. The molecule has 0 spiro atoms. The molecule has 4 rings (SSSR count). The highest BCUT2D eigenvalue weighted by molar-refractivity contribution is 5.82. The molecule has 1 aromatic carbocycles. The second-order valence-corrected chi connectivity index (χ2v) is 7.73. The van der Waals surface area contributed by atoms with Crippen molar-refractivity contribution in [2.75, 3.05) is 0 Å². The smallest absolute Gasteiger partial charge is 0.389 e. The number of benzene rings is 1. The second kappa shape index (κ2) is 10.3. The third-order valence-electron chi connectivity index (χ3n) is 5.11. The van der Waals surface area contributed by atoms with Gasteiger partial charge in [-0.05, 0) is 41.5 Å². The van der Waals surface area contributed by atoms with Gasteiger partial charge in [0, 0.05) is 42.6 Å². The van der Waals surface area contributed by atoms with Crippen LogP contribution in [0.25, 0.3) is 16.9 Å². The first-order chi connectivity index (χ1) is 16.4. The fourth-order valence-corrected chi connectivity index (χ4v) is 3.42. The summed E-state index contributed by atoms with van der Waals surface area (Å²) < 4.78 is 39.0. The lowest BCUT2D eigenvalue weighted by Gasteiger charge is -2.07. The van der Waals surface area contributed by atoms with Crippen LogP contribution in [-0.2, 0) is 22.7 Å². The minimum absolute atomic E-state index is 0.0409. The van der Waals surface area contributed by atoms with E-state index in [4.69, 9.17) is 4.84 Å². The van der Waals surface area contributed by atoms with Crippen LogP contribution < -0.4 is 0 Å². The van der Waals surface area contributed by atoms with Crippen molar-refractivity contribution in [3.05, 3.63) is 90.0 Å². The van der Waals surface area contributed by atoms with Gasteiger partial charge in [-0.2, -0.15) is 13.2 Å². The Labute approximate surface area is 193 Å². The number of fused-ring (bicyclic) bond motifs is 1. The van der Waals surface area contributed by atoms with Gasteiger partial charge in [0.15, 0.2) is 0 Å². The fraction of sp³-hybridized carbons (Fsp3) is 0.200. The maximum Gasteiger partial charge on any atom is 0.389 e. The van der Waals surface area contributed by atoms with Crippen molar-refractivity contribution in [3.63, 3.8) is 0 Å². The first kappa shape index (κ1) is 23.2. The van der Waals surface area contributed by atoms with E-state index >= 15 is 0 Å². The molecule has 0 atom stereocenters. The number of aromatic nitrogens is 3. The van der Waals surface area contributed by atoms with Gasteiger partial charge in [0.05, 0.1) is 24.5 Å². The van der Waals surface area contributed by atoms with Crippen molar-refractivity contribution in [2.45, 2.75) is 32.0 Å². The molecule has 3 aromatic heterocycles. The van der Waals surface area contributed by atoms with E-state index in [9.17, 15) is 18.0 Å². The number of halogens is 3. The van der Waals surface area contributed by atoms with Gasteiger partial charge in [-0.3, -0.25) is 14.2 Å². The Kier molecular flexibility index (Phi) is 7.01. The van der Waals surface area contributed by atoms with Crippen LogP contribution in [0.3, 0.4) is 0 Å². The standard InChI is InChI=1S/C25H21F3N4O2/c26-25(27,28)8-4-22(33)13-19-2-1-3-21(12-19)23-16-30-24-14-20(7-11-32(23)24)15-31-34-17-18-5-9-29-10-6-18/h1-3,5-7,9-12,14-16H,4,8,13,17H2. The molecule has 4 aromatic rings. The Hall–Kier alpha value is -4.01. The maximum atomic E-state index is 12.4. The lowest BCUT2D eigenvalue weighted by Crippen LogP contribution is -2.12. The Morgan fingerprint density at radius 2 is 1.91 bits per heavy atom. The van der Waals surface area contributed by atoms with Crippen molar-refractivity contribution in [1.82, 2.24) is 14.4 Å². The molecule has 0 saturated carbocycles. The summed E-state index contributed by atoms with van der Waals surface area (Å²) in [6.45, 7) is 0.337. The highest BCUT2D eigenvalue weighted by Gasteiger charge is 2.27. The van der Waals surface area contributed by atoms with Gasteiger partial charge >= 0.3 is 6.18 Å². The molecule has 0 unspecified atom stereocenters. The number of Topliss-reactive ketones (excluding diaryl/α,β-unsaturated/α-hetero) is 1. The number of alkyl halides is 3. The van der Waals surface area contributed by atoms with Crippen LogP contribution >= 0.6 is 0 Å². The molecule has 6 nitrogen and oxygen atoms in total. The predicted molar refractivity (Wildman–Crippen MR) is 121 cm³/mol. The van der Waals surface area contributed by atoms with Crippen LogP contribution in [0, 0.1) is 0 Å². The average Bonchev–Trinajstić information content (AvgIpc) is 3.24. The van der Waals surface area contributed by atoms with Crippen LogP contribution in [0.15, 0.2) is 78.5 Å². The number of pyridine rings is 2. The number of imidazole rings is 1. The van der Waals surface area contributed by atoms with E-state index in [2.05, 4.69) is 15.1 Å². The number of hydrogen-bond donors (Lipinski definition) is 0. The zero-order valence-electron chi connectivity index (χ0n) is 18.1. The molecule has 0 aliphatic carbocycles. The minimum Gasteiger partial charge on any atom is -0.391 e. The summed E-state index contributed by atoms with van der Waals surface area (Å²) in [4.78, 5) is 25.7. The number of carbonyl (C=O) groups is 1. The Morgan fingerprint density at radius 1 is 1.09 bits per heavy atom. The second-order valence-electron chi connectivity index (χ2n) is 7.73. The molecule has 0 amide bonds. The molecule has 34 heavy (non-hydrogen) atoms. The van der Waals surface area contributed by atoms with Gasteiger partial charge in [-0.15, -0.1) is 0 Å². The Morgan fingerprint density at radius 3 is 2.71 bits per heavy atom. The molecule has 0 saturated heterocycles. The highest BCUT2D eigenvalue weighted by atomic mass is 19.4. The Bertz CT molecular complexity index is 1300. The SMILES string of the molecule is O=C(CCC(F)(F)F)Cc1cccc(-c2cnc3cc(C=NOCc4ccncc4)ccn23)c1. The zero-order chi connectivity index (χ0) is 24.0. The van der Waals surface area contributed by atoms with Crippen molar-refractivity contribution >= 4 is 17.6 Å². The molecule has 174 valence electrons. The van der Waals surface area contributed by atoms with Crippen LogP contribution in [0.5, 0.6) is 0 Å². The largest absolute Gasteiger partial charge is 0.391 e. The predicted octanol–water partition coefficient (Wildman–Crippen LogP) is 5.40. The number of nitrogens with zero attached hydrogens (tertiary/aromatic N) is 4. The van der Waals surface area contributed by atoms with Crippen molar-refractivity contribution in [1.29, 1.82) is 0 Å². The number of ketones is 1. The summed E-state index contributed by atoms with van der Waals surface area (Å²) in [6, 6.07) is 14.6. The van der Waals surface area contributed by atoms with Crippen LogP contribution in [0.4, 0.5) is 13.2 Å². The molecule has 3 heterocycles. The van der Waals surface area contributed by atoms with Crippen molar-refractivity contribution in [3.8, 4) is 11.3 Å². The van der Waals surface area contributed by atoms with Crippen LogP contribution in [0.1, 0.15) is 29.5 Å². The molecular weight excluding hydrogens is 445 g/mol. The van der Waals surface area contributed by atoms with E-state index in [-0.39, 0.29) is 6.42 Å². The highest BCUT2D eigenvalue weighted by Crippen LogP contribution is 2.24. The van der Waals surface area contributed by atoms with E-state index in [1.807, 2.05) is 40.9 Å². The molecule has 0 N–H and O–H groups in total. The fourth-order valence-electron chi connectivity index (χ4n) is 3.42. The number of oxime groups is 1. The molecule has 9 heteroatoms. The molecule has 0 radical (unpaired) electrons. The molecule has 0 bridgehead atoms. The third kappa shape index (κ3) is 6.28. The number of rotatable bonds is 9. The summed E-state index contributed by atoms with van der Waals surface area (Å²) in [5.74, 6) is -0.442. The minimum atomic E-state index is -4.33. The number of hydrogen-bond acceptors (Lipinski definition) is 5. The van der Waals surface area contributed by atoms with E-state index in [1.54, 1.807) is 43.0 Å². The van der Waals surface area contributed by atoms with Gasteiger partial charge < -0.3 is 4.84 Å². The lowest BCUT2D eigenvalue weighted by molar-refractivity contribution is -0.143. The first-order valence-corrected chi connectivity index (χ1v) is 10.6. The van der Waals surface area contributed by atoms with E-state index in [0.29, 0.717) is 17.8 Å². The van der Waals surface area contributed by atoms with Gasteiger partial charge in [-0.25, -0.2) is 4.98 Å². The number of carbonyl (C=O) groups excluding carboxylic acids is 1. The average molecular weight is 466 g/mol. The summed E-state index contributed by atoms with van der Waals surface area (Å²) in [5.41, 5.74) is 4.75. The van der Waals surface area contributed by atoms with Crippen molar-refractivity contribution in [2.24, 2.45) is 5.16 Å². The third-order valence-corrected chi connectivity index (χ3v) is 5.11. The first-order valence-electron chi connectivity index (χ1n) is 10.6. The topological polar surface area (TPSA) is 68.8 Å². The summed E-state index contributed by atoms with van der Waals surface area (Å²) in [7, 11) is 0. The summed E-state index contributed by atoms with van der Waals surface area (Å²) in [5, 5.41) is 3.99. The van der Waals surface area contributed by atoms with Crippen molar-refractivity contribution < 1.29 is 22.8 Å². The summed E-state index contributed by atoms with van der Waals surface area (Å²) >= 11 is 0. The Balaban J connectivity index is 1.43. The van der Waals surface area contributed by atoms with Gasteiger partial charge in [-0.1, -0.05) is 23.4 Å². The lowest BCUT2D eigenvalue weighted by atomic mass is 10.0. The van der Waals surface area contributed by atoms with E-state index in [1.165, 1.54) is 0 Å². The summed E-state index contributed by atoms with van der Waals surface area (Å²) in [6.07, 6.45) is 2.55. The monoisotopic (exact) mass is 466 g/mol. The van der Waals surface area contributed by atoms with Gasteiger partial charge in [0.25, 0.3) is 0 Å². The van der Waals surface area contributed by atoms with E-state index < -0.39 is 24.8 Å². The molecular formula is C25H21F3N4O2. The van der Waals surface area contributed by atoms with E-state index in [0.717, 1.165) is 22.4 Å². The van der Waals surface area contributed by atoms with Crippen LogP contribution in [-0.4, -0.2) is 32.5 Å².